The Balaban J connectivity index is 1.19. The minimum absolute atomic E-state index is 0.655. The van der Waals surface area contributed by atoms with Gasteiger partial charge in [0.25, 0.3) is 0 Å². The Morgan fingerprint density at radius 3 is 1.94 bits per heavy atom. The summed E-state index contributed by atoms with van der Waals surface area (Å²) in [5, 5.41) is 6.55. The first-order valence-corrected chi connectivity index (χ1v) is 16.1. The number of benzene rings is 7. The predicted octanol–water partition coefficient (Wildman–Crippen LogP) is 12.1. The molecule has 48 heavy (non-hydrogen) atoms. The first-order valence-electron chi connectivity index (χ1n) is 16.1. The molecular formula is C44H26N2O2. The number of hydrogen-bond acceptors (Lipinski definition) is 4. The van der Waals surface area contributed by atoms with Gasteiger partial charge in [0.05, 0.1) is 11.4 Å². The fourth-order valence-corrected chi connectivity index (χ4v) is 6.96. The number of fused-ring (bicyclic) bond motifs is 8. The zero-order valence-corrected chi connectivity index (χ0v) is 25.7. The molecule has 0 aliphatic carbocycles. The van der Waals surface area contributed by atoms with Gasteiger partial charge < -0.3 is 8.83 Å². The second-order valence-corrected chi connectivity index (χ2v) is 12.2. The van der Waals surface area contributed by atoms with Crippen LogP contribution in [0.3, 0.4) is 0 Å². The summed E-state index contributed by atoms with van der Waals surface area (Å²) in [5.41, 5.74) is 10.3. The number of furan rings is 2. The van der Waals surface area contributed by atoms with Gasteiger partial charge in [-0.15, -0.1) is 0 Å². The molecule has 0 saturated carbocycles. The van der Waals surface area contributed by atoms with Gasteiger partial charge >= 0.3 is 0 Å². The number of hydrogen-bond donors (Lipinski definition) is 0. The summed E-state index contributed by atoms with van der Waals surface area (Å²) in [7, 11) is 0. The highest BCUT2D eigenvalue weighted by molar-refractivity contribution is 6.19. The number of aromatic nitrogens is 2. The van der Waals surface area contributed by atoms with Gasteiger partial charge in [0, 0.05) is 43.6 Å². The molecule has 0 N–H and O–H groups in total. The van der Waals surface area contributed by atoms with E-state index in [1.54, 1.807) is 0 Å². The maximum absolute atomic E-state index is 6.53. The Hall–Kier alpha value is -6.52. The van der Waals surface area contributed by atoms with E-state index in [0.29, 0.717) is 5.82 Å². The van der Waals surface area contributed by atoms with Crippen LogP contribution >= 0.6 is 0 Å². The van der Waals surface area contributed by atoms with Crippen molar-refractivity contribution in [3.8, 4) is 45.0 Å². The third kappa shape index (κ3) is 4.24. The topological polar surface area (TPSA) is 52.1 Å². The average molecular weight is 615 g/mol. The maximum Gasteiger partial charge on any atom is 0.160 e. The van der Waals surface area contributed by atoms with E-state index in [1.807, 2.05) is 36.4 Å². The lowest BCUT2D eigenvalue weighted by atomic mass is 9.99. The van der Waals surface area contributed by atoms with Crippen LogP contribution in [-0.4, -0.2) is 9.97 Å². The molecule has 224 valence electrons. The predicted molar refractivity (Wildman–Crippen MR) is 196 cm³/mol. The lowest BCUT2D eigenvalue weighted by Crippen LogP contribution is -1.96. The lowest BCUT2D eigenvalue weighted by molar-refractivity contribution is 0.669. The van der Waals surface area contributed by atoms with Gasteiger partial charge in [0.15, 0.2) is 5.82 Å². The second kappa shape index (κ2) is 10.5. The molecule has 10 rings (SSSR count). The normalized spacial score (nSPS) is 11.8. The minimum atomic E-state index is 0.655. The molecule has 0 spiro atoms. The van der Waals surface area contributed by atoms with Crippen molar-refractivity contribution in [1.29, 1.82) is 0 Å². The van der Waals surface area contributed by atoms with E-state index < -0.39 is 0 Å². The van der Waals surface area contributed by atoms with E-state index in [0.717, 1.165) is 88.3 Å². The fourth-order valence-electron chi connectivity index (χ4n) is 6.96. The molecule has 4 heteroatoms. The molecule has 0 bridgehead atoms. The molecule has 3 heterocycles. The highest BCUT2D eigenvalue weighted by atomic mass is 16.3. The molecular weight excluding hydrogens is 588 g/mol. The lowest BCUT2D eigenvalue weighted by Gasteiger charge is -2.11. The van der Waals surface area contributed by atoms with Gasteiger partial charge in [-0.2, -0.15) is 0 Å². The van der Waals surface area contributed by atoms with Crippen LogP contribution in [0.15, 0.2) is 167 Å². The Kier molecular flexibility index (Phi) is 5.84. The molecule has 3 aromatic heterocycles. The summed E-state index contributed by atoms with van der Waals surface area (Å²) >= 11 is 0. The van der Waals surface area contributed by atoms with Crippen molar-refractivity contribution in [3.63, 3.8) is 0 Å². The highest BCUT2D eigenvalue weighted by Crippen LogP contribution is 2.40. The van der Waals surface area contributed by atoms with Crippen LogP contribution in [0.5, 0.6) is 0 Å². The molecule has 0 radical (unpaired) electrons. The van der Waals surface area contributed by atoms with Crippen LogP contribution in [0.2, 0.25) is 0 Å². The second-order valence-electron chi connectivity index (χ2n) is 12.2. The minimum Gasteiger partial charge on any atom is -0.456 e. The Labute approximate surface area is 275 Å². The van der Waals surface area contributed by atoms with E-state index in [-0.39, 0.29) is 0 Å². The van der Waals surface area contributed by atoms with Gasteiger partial charge in [-0.05, 0) is 52.9 Å². The van der Waals surface area contributed by atoms with Gasteiger partial charge in [-0.25, -0.2) is 9.97 Å². The molecule has 0 aliphatic rings. The summed E-state index contributed by atoms with van der Waals surface area (Å²) < 4.78 is 12.8. The molecule has 0 fully saturated rings. The van der Waals surface area contributed by atoms with Crippen LogP contribution in [0.25, 0.3) is 99.7 Å². The maximum atomic E-state index is 6.53. The molecule has 10 aromatic rings. The number of rotatable bonds is 4. The molecule has 0 saturated heterocycles. The van der Waals surface area contributed by atoms with Crippen LogP contribution in [0.1, 0.15) is 0 Å². The van der Waals surface area contributed by atoms with Crippen molar-refractivity contribution < 1.29 is 8.83 Å². The van der Waals surface area contributed by atoms with E-state index in [4.69, 9.17) is 18.8 Å². The first-order chi connectivity index (χ1) is 23.8. The first kappa shape index (κ1) is 26.7. The molecule has 0 unspecified atom stereocenters. The van der Waals surface area contributed by atoms with Crippen LogP contribution in [0, 0.1) is 0 Å². The average Bonchev–Trinajstić information content (AvgIpc) is 3.73. The summed E-state index contributed by atoms with van der Waals surface area (Å²) in [5.74, 6) is 0.655. The van der Waals surface area contributed by atoms with Gasteiger partial charge in [-0.3, -0.25) is 0 Å². The van der Waals surface area contributed by atoms with Crippen molar-refractivity contribution in [2.75, 3.05) is 0 Å². The van der Waals surface area contributed by atoms with Gasteiger partial charge in [-0.1, -0.05) is 121 Å². The number of para-hydroxylation sites is 1. The van der Waals surface area contributed by atoms with Crippen molar-refractivity contribution in [2.24, 2.45) is 0 Å². The summed E-state index contributed by atoms with van der Waals surface area (Å²) in [6.45, 7) is 0. The fraction of sp³-hybridized carbons (Fsp3) is 0. The zero-order chi connectivity index (χ0) is 31.6. The van der Waals surface area contributed by atoms with Gasteiger partial charge in [0.1, 0.15) is 22.3 Å². The largest absolute Gasteiger partial charge is 0.456 e. The van der Waals surface area contributed by atoms with Crippen LogP contribution in [0.4, 0.5) is 0 Å². The Bertz CT molecular complexity index is 2830. The summed E-state index contributed by atoms with van der Waals surface area (Å²) in [6, 6.07) is 54.3. The molecule has 7 aromatic carbocycles. The third-order valence-corrected chi connectivity index (χ3v) is 9.31. The van der Waals surface area contributed by atoms with E-state index in [9.17, 15) is 0 Å². The Morgan fingerprint density at radius 1 is 0.375 bits per heavy atom. The third-order valence-electron chi connectivity index (χ3n) is 9.31. The molecule has 0 aliphatic heterocycles. The van der Waals surface area contributed by atoms with Crippen LogP contribution in [-0.2, 0) is 0 Å². The number of nitrogens with zero attached hydrogens (tertiary/aromatic N) is 2. The highest BCUT2D eigenvalue weighted by Gasteiger charge is 2.18. The van der Waals surface area contributed by atoms with E-state index >= 15 is 0 Å². The Morgan fingerprint density at radius 2 is 1.04 bits per heavy atom. The summed E-state index contributed by atoms with van der Waals surface area (Å²) in [4.78, 5) is 10.4. The molecule has 0 atom stereocenters. The van der Waals surface area contributed by atoms with Crippen molar-refractivity contribution in [1.82, 2.24) is 9.97 Å². The monoisotopic (exact) mass is 614 g/mol. The quantitative estimate of drug-likeness (QED) is 0.198. The van der Waals surface area contributed by atoms with Crippen molar-refractivity contribution in [2.45, 2.75) is 0 Å². The van der Waals surface area contributed by atoms with Crippen molar-refractivity contribution >= 4 is 54.6 Å². The standard InChI is InChI=1S/C44H26N2O2/c1-2-9-27(10-3-1)28-17-19-30(20-18-28)44-45-37(31-22-23-34-33-13-6-7-15-39(33)47-41(34)25-31)26-38(46-44)35-14-8-16-40-42(35)36-24-21-29-11-4-5-12-32(29)43(36)48-40/h1-26H. The molecule has 0 amide bonds. The van der Waals surface area contributed by atoms with E-state index in [2.05, 4.69) is 121 Å². The zero-order valence-electron chi connectivity index (χ0n) is 25.7. The molecule has 4 nitrogen and oxygen atoms in total. The van der Waals surface area contributed by atoms with E-state index in [1.165, 1.54) is 5.56 Å². The smallest absolute Gasteiger partial charge is 0.160 e. The SMILES string of the molecule is c1ccc(-c2ccc(-c3nc(-c4ccc5c(c4)oc4ccccc45)cc(-c4cccc5oc6c7ccccc7ccc6c45)n3)cc2)cc1. The van der Waals surface area contributed by atoms with Crippen LogP contribution < -0.4 is 0 Å². The van der Waals surface area contributed by atoms with Crippen molar-refractivity contribution in [3.05, 3.63) is 158 Å². The summed E-state index contributed by atoms with van der Waals surface area (Å²) in [6.07, 6.45) is 0. The van der Waals surface area contributed by atoms with Gasteiger partial charge in [0.2, 0.25) is 0 Å².